The SMILES string of the molecule is Cc1cccc(C)c1NC(=O)CCCn1c(=O)oc2cc([N+](=O)[O-])ccc21. The van der Waals surface area contributed by atoms with Crippen molar-refractivity contribution in [1.29, 1.82) is 0 Å². The van der Waals surface area contributed by atoms with Gasteiger partial charge >= 0.3 is 5.76 Å². The number of benzene rings is 2. The third kappa shape index (κ3) is 3.89. The molecule has 0 unspecified atom stereocenters. The van der Waals surface area contributed by atoms with E-state index in [1.807, 2.05) is 32.0 Å². The van der Waals surface area contributed by atoms with Crippen LogP contribution in [0.4, 0.5) is 11.4 Å². The summed E-state index contributed by atoms with van der Waals surface area (Å²) in [7, 11) is 0. The molecule has 8 nitrogen and oxygen atoms in total. The first-order valence-corrected chi connectivity index (χ1v) is 8.50. The van der Waals surface area contributed by atoms with E-state index < -0.39 is 10.7 Å². The zero-order chi connectivity index (χ0) is 19.6. The Kier molecular flexibility index (Phi) is 5.07. The summed E-state index contributed by atoms with van der Waals surface area (Å²) in [5, 5.41) is 13.7. The Labute approximate surface area is 154 Å². The monoisotopic (exact) mass is 369 g/mol. The number of rotatable bonds is 6. The lowest BCUT2D eigenvalue weighted by atomic mass is 10.1. The van der Waals surface area contributed by atoms with Crippen LogP contribution in [0.5, 0.6) is 0 Å². The number of aryl methyl sites for hydroxylation is 3. The summed E-state index contributed by atoms with van der Waals surface area (Å²) in [6.45, 7) is 4.14. The van der Waals surface area contributed by atoms with Crippen LogP contribution in [-0.2, 0) is 11.3 Å². The van der Waals surface area contributed by atoms with Gasteiger partial charge in [-0.3, -0.25) is 19.5 Å². The minimum Gasteiger partial charge on any atom is -0.407 e. The lowest BCUT2D eigenvalue weighted by molar-refractivity contribution is -0.384. The van der Waals surface area contributed by atoms with E-state index >= 15 is 0 Å². The quantitative estimate of drug-likeness (QED) is 0.528. The summed E-state index contributed by atoms with van der Waals surface area (Å²) in [4.78, 5) is 34.5. The van der Waals surface area contributed by atoms with Crippen LogP contribution in [0.2, 0.25) is 0 Å². The van der Waals surface area contributed by atoms with Gasteiger partial charge in [0.2, 0.25) is 5.91 Å². The molecule has 1 N–H and O–H groups in total. The largest absolute Gasteiger partial charge is 0.419 e. The molecule has 0 bridgehead atoms. The fraction of sp³-hybridized carbons (Fsp3) is 0.263. The molecule has 0 aliphatic carbocycles. The predicted molar refractivity (Wildman–Crippen MR) is 101 cm³/mol. The summed E-state index contributed by atoms with van der Waals surface area (Å²) < 4.78 is 6.46. The maximum Gasteiger partial charge on any atom is 0.419 e. The van der Waals surface area contributed by atoms with Crippen molar-refractivity contribution in [2.45, 2.75) is 33.2 Å². The Hall–Kier alpha value is -3.42. The summed E-state index contributed by atoms with van der Waals surface area (Å²) in [5.41, 5.74) is 3.27. The van der Waals surface area contributed by atoms with Crippen molar-refractivity contribution in [3.05, 3.63) is 68.2 Å². The van der Waals surface area contributed by atoms with Crippen LogP contribution >= 0.6 is 0 Å². The number of oxazole rings is 1. The van der Waals surface area contributed by atoms with Crippen LogP contribution in [-0.4, -0.2) is 15.4 Å². The molecule has 8 heteroatoms. The molecule has 0 aliphatic heterocycles. The van der Waals surface area contributed by atoms with Gasteiger partial charge in [0, 0.05) is 24.7 Å². The fourth-order valence-electron chi connectivity index (χ4n) is 2.99. The maximum atomic E-state index is 12.2. The third-order valence-electron chi connectivity index (χ3n) is 4.39. The van der Waals surface area contributed by atoms with Crippen LogP contribution in [0, 0.1) is 24.0 Å². The molecule has 1 amide bonds. The van der Waals surface area contributed by atoms with E-state index in [0.717, 1.165) is 16.8 Å². The van der Waals surface area contributed by atoms with Gasteiger partial charge in [0.1, 0.15) is 0 Å². The smallest absolute Gasteiger partial charge is 0.407 e. The van der Waals surface area contributed by atoms with Crippen molar-refractivity contribution in [2.75, 3.05) is 5.32 Å². The first-order valence-electron chi connectivity index (χ1n) is 8.50. The van der Waals surface area contributed by atoms with Gasteiger partial charge in [0.05, 0.1) is 16.5 Å². The van der Waals surface area contributed by atoms with Gasteiger partial charge in [-0.25, -0.2) is 4.79 Å². The van der Waals surface area contributed by atoms with E-state index in [9.17, 15) is 19.7 Å². The average Bonchev–Trinajstić information content (AvgIpc) is 2.93. The minimum atomic E-state index is -0.597. The van der Waals surface area contributed by atoms with Gasteiger partial charge in [-0.2, -0.15) is 0 Å². The molecular weight excluding hydrogens is 350 g/mol. The highest BCUT2D eigenvalue weighted by Gasteiger charge is 2.14. The van der Waals surface area contributed by atoms with Crippen molar-refractivity contribution >= 4 is 28.4 Å². The van der Waals surface area contributed by atoms with Gasteiger partial charge in [-0.05, 0) is 37.5 Å². The number of nitro benzene ring substituents is 1. The van der Waals surface area contributed by atoms with Gasteiger partial charge < -0.3 is 9.73 Å². The molecule has 2 aromatic carbocycles. The van der Waals surface area contributed by atoms with Gasteiger partial charge in [-0.15, -0.1) is 0 Å². The molecule has 0 spiro atoms. The molecule has 0 aliphatic rings. The van der Waals surface area contributed by atoms with Crippen LogP contribution in [0.3, 0.4) is 0 Å². The molecule has 0 radical (unpaired) electrons. The Balaban J connectivity index is 1.67. The van der Waals surface area contributed by atoms with E-state index in [1.165, 1.54) is 22.8 Å². The average molecular weight is 369 g/mol. The number of amides is 1. The van der Waals surface area contributed by atoms with Gasteiger partial charge in [0.25, 0.3) is 5.69 Å². The first kappa shape index (κ1) is 18.4. The van der Waals surface area contributed by atoms with Crippen molar-refractivity contribution in [2.24, 2.45) is 0 Å². The lowest BCUT2D eigenvalue weighted by Gasteiger charge is -2.11. The number of para-hydroxylation sites is 1. The number of carbonyl (C=O) groups excluding carboxylic acids is 1. The fourth-order valence-corrected chi connectivity index (χ4v) is 2.99. The minimum absolute atomic E-state index is 0.135. The predicted octanol–water partition coefficient (Wildman–Crippen LogP) is 3.54. The summed E-state index contributed by atoms with van der Waals surface area (Å²) in [5.74, 6) is -0.732. The molecule has 1 aromatic heterocycles. The number of anilines is 1. The molecule has 27 heavy (non-hydrogen) atoms. The molecule has 0 fully saturated rings. The molecule has 0 saturated heterocycles. The summed E-state index contributed by atoms with van der Waals surface area (Å²) in [6.07, 6.45) is 0.669. The number of hydrogen-bond acceptors (Lipinski definition) is 5. The standard InChI is InChI=1S/C19H19N3O5/c1-12-5-3-6-13(2)18(12)20-17(23)7-4-10-21-15-9-8-14(22(25)26)11-16(15)27-19(21)24/h3,5-6,8-9,11H,4,7,10H2,1-2H3,(H,20,23). The summed E-state index contributed by atoms with van der Waals surface area (Å²) in [6, 6.07) is 9.82. The van der Waals surface area contributed by atoms with E-state index in [-0.39, 0.29) is 30.1 Å². The third-order valence-corrected chi connectivity index (χ3v) is 4.39. The Morgan fingerprint density at radius 3 is 2.59 bits per heavy atom. The topological polar surface area (TPSA) is 107 Å². The number of nitrogens with zero attached hydrogens (tertiary/aromatic N) is 2. The van der Waals surface area contributed by atoms with Crippen LogP contribution < -0.4 is 11.1 Å². The zero-order valence-electron chi connectivity index (χ0n) is 15.0. The molecule has 0 saturated carbocycles. The second-order valence-electron chi connectivity index (χ2n) is 6.35. The highest BCUT2D eigenvalue weighted by molar-refractivity contribution is 5.92. The van der Waals surface area contributed by atoms with E-state index in [0.29, 0.717) is 11.9 Å². The molecule has 1 heterocycles. The van der Waals surface area contributed by atoms with Gasteiger partial charge in [-0.1, -0.05) is 18.2 Å². The number of hydrogen-bond donors (Lipinski definition) is 1. The van der Waals surface area contributed by atoms with Crippen molar-refractivity contribution in [3.8, 4) is 0 Å². The first-order chi connectivity index (χ1) is 12.9. The number of non-ortho nitro benzene ring substituents is 1. The molecule has 3 aromatic rings. The summed E-state index contributed by atoms with van der Waals surface area (Å²) >= 11 is 0. The van der Waals surface area contributed by atoms with E-state index in [4.69, 9.17) is 4.42 Å². The second kappa shape index (κ2) is 7.45. The van der Waals surface area contributed by atoms with Crippen molar-refractivity contribution in [1.82, 2.24) is 4.57 Å². The molecule has 3 rings (SSSR count). The second-order valence-corrected chi connectivity index (χ2v) is 6.35. The normalized spacial score (nSPS) is 10.9. The number of fused-ring (bicyclic) bond motifs is 1. The Morgan fingerprint density at radius 2 is 1.93 bits per heavy atom. The highest BCUT2D eigenvalue weighted by Crippen LogP contribution is 2.21. The number of nitro groups is 1. The maximum absolute atomic E-state index is 12.2. The van der Waals surface area contributed by atoms with Gasteiger partial charge in [0.15, 0.2) is 5.58 Å². The number of carbonyl (C=O) groups is 1. The zero-order valence-corrected chi connectivity index (χ0v) is 15.0. The number of nitrogens with one attached hydrogen (secondary N) is 1. The highest BCUT2D eigenvalue weighted by atomic mass is 16.6. The molecule has 0 atom stereocenters. The molecular formula is C19H19N3O5. The van der Waals surface area contributed by atoms with Crippen LogP contribution in [0.1, 0.15) is 24.0 Å². The van der Waals surface area contributed by atoms with E-state index in [1.54, 1.807) is 0 Å². The van der Waals surface area contributed by atoms with Crippen molar-refractivity contribution < 1.29 is 14.1 Å². The Morgan fingerprint density at radius 1 is 1.22 bits per heavy atom. The lowest BCUT2D eigenvalue weighted by Crippen LogP contribution is -2.17. The Bertz CT molecular complexity index is 1060. The van der Waals surface area contributed by atoms with Crippen molar-refractivity contribution in [3.63, 3.8) is 0 Å². The van der Waals surface area contributed by atoms with Crippen LogP contribution in [0.25, 0.3) is 11.1 Å². The number of aromatic nitrogens is 1. The molecule has 140 valence electrons. The van der Waals surface area contributed by atoms with Crippen LogP contribution in [0.15, 0.2) is 45.6 Å². The van der Waals surface area contributed by atoms with E-state index in [2.05, 4.69) is 5.32 Å².